The van der Waals surface area contributed by atoms with Gasteiger partial charge in [0.15, 0.2) is 22.3 Å². The zero-order chi connectivity index (χ0) is 18.6. The van der Waals surface area contributed by atoms with E-state index in [4.69, 9.17) is 21.7 Å². The van der Waals surface area contributed by atoms with Gasteiger partial charge in [0.1, 0.15) is 0 Å². The molecular formula is C21H22N2O2S2. The van der Waals surface area contributed by atoms with E-state index in [1.54, 1.807) is 18.9 Å². The fourth-order valence-electron chi connectivity index (χ4n) is 4.94. The SMILES string of the molecule is COc1cccc2c1O[C@@]13CCC[C@@H]1[C@H]2NC(=S)N3c1cccc(SC)c1. The van der Waals surface area contributed by atoms with Crippen LogP contribution >= 0.6 is 24.0 Å². The summed E-state index contributed by atoms with van der Waals surface area (Å²) in [5, 5.41) is 4.36. The number of nitrogens with one attached hydrogen (secondary N) is 1. The first-order valence-corrected chi connectivity index (χ1v) is 10.9. The number of nitrogens with zero attached hydrogens (tertiary/aromatic N) is 1. The van der Waals surface area contributed by atoms with Crippen molar-refractivity contribution in [2.75, 3.05) is 18.3 Å². The second-order valence-corrected chi connectivity index (χ2v) is 8.55. The molecule has 2 fully saturated rings. The first-order chi connectivity index (χ1) is 13.2. The predicted octanol–water partition coefficient (Wildman–Crippen LogP) is 4.74. The molecule has 3 atom stereocenters. The van der Waals surface area contributed by atoms with Crippen molar-refractivity contribution >= 4 is 34.8 Å². The van der Waals surface area contributed by atoms with Gasteiger partial charge in [-0.3, -0.25) is 4.90 Å². The molecule has 140 valence electrons. The monoisotopic (exact) mass is 398 g/mol. The van der Waals surface area contributed by atoms with Crippen molar-refractivity contribution in [3.63, 3.8) is 0 Å². The van der Waals surface area contributed by atoms with Crippen molar-refractivity contribution in [1.82, 2.24) is 5.32 Å². The Kier molecular flexibility index (Phi) is 4.02. The number of hydrogen-bond donors (Lipinski definition) is 1. The third kappa shape index (κ3) is 2.39. The molecule has 6 heteroatoms. The van der Waals surface area contributed by atoms with Gasteiger partial charge in [-0.2, -0.15) is 0 Å². The number of fused-ring (bicyclic) bond motifs is 2. The first-order valence-electron chi connectivity index (χ1n) is 9.28. The lowest BCUT2D eigenvalue weighted by atomic mass is 9.80. The standard InChI is InChI=1S/C21H22N2O2S2/c1-24-17-10-4-8-15-18-16-9-5-11-21(16,25-19(15)17)23(20(26)22-18)13-6-3-7-14(12-13)27-2/h3-4,6-8,10,12,16,18H,5,9,11H2,1-2H3,(H,22,26)/t16-,18+,21+/m1/s1. The van der Waals surface area contributed by atoms with Crippen LogP contribution in [0, 0.1) is 5.92 Å². The minimum atomic E-state index is -0.453. The maximum atomic E-state index is 6.81. The second kappa shape index (κ2) is 6.31. The molecule has 1 saturated heterocycles. The molecule has 1 N–H and O–H groups in total. The highest BCUT2D eigenvalue weighted by atomic mass is 32.2. The first kappa shape index (κ1) is 17.2. The van der Waals surface area contributed by atoms with Crippen LogP contribution in [0.15, 0.2) is 47.4 Å². The Morgan fingerprint density at radius 3 is 2.96 bits per heavy atom. The van der Waals surface area contributed by atoms with Gasteiger partial charge in [0.2, 0.25) is 0 Å². The largest absolute Gasteiger partial charge is 0.493 e. The van der Waals surface area contributed by atoms with Gasteiger partial charge < -0.3 is 14.8 Å². The summed E-state index contributed by atoms with van der Waals surface area (Å²) in [5.41, 5.74) is 1.78. The Balaban J connectivity index is 1.69. The molecule has 5 rings (SSSR count). The van der Waals surface area contributed by atoms with Gasteiger partial charge in [-0.25, -0.2) is 0 Å². The van der Waals surface area contributed by atoms with Crippen molar-refractivity contribution in [3.05, 3.63) is 48.0 Å². The number of rotatable bonds is 3. The van der Waals surface area contributed by atoms with E-state index in [0.717, 1.165) is 47.1 Å². The van der Waals surface area contributed by atoms with Crippen LogP contribution in [0.25, 0.3) is 0 Å². The normalized spacial score (nSPS) is 28.1. The Morgan fingerprint density at radius 2 is 2.15 bits per heavy atom. The Hall–Kier alpha value is -1.92. The van der Waals surface area contributed by atoms with Crippen LogP contribution in [-0.2, 0) is 0 Å². The average molecular weight is 399 g/mol. The number of ether oxygens (including phenoxy) is 2. The summed E-state index contributed by atoms with van der Waals surface area (Å²) < 4.78 is 12.4. The van der Waals surface area contributed by atoms with E-state index in [9.17, 15) is 0 Å². The maximum absolute atomic E-state index is 6.81. The van der Waals surface area contributed by atoms with Gasteiger partial charge in [0, 0.05) is 28.5 Å². The fourth-order valence-corrected chi connectivity index (χ4v) is 5.78. The minimum Gasteiger partial charge on any atom is -0.493 e. The summed E-state index contributed by atoms with van der Waals surface area (Å²) in [4.78, 5) is 3.43. The van der Waals surface area contributed by atoms with E-state index in [0.29, 0.717) is 5.92 Å². The van der Waals surface area contributed by atoms with Gasteiger partial charge in [0.05, 0.1) is 13.2 Å². The van der Waals surface area contributed by atoms with Gasteiger partial charge in [0.25, 0.3) is 0 Å². The van der Waals surface area contributed by atoms with Crippen LogP contribution < -0.4 is 19.7 Å². The number of methoxy groups -OCH3 is 1. The van der Waals surface area contributed by atoms with Crippen LogP contribution in [0.4, 0.5) is 5.69 Å². The predicted molar refractivity (Wildman–Crippen MR) is 113 cm³/mol. The summed E-state index contributed by atoms with van der Waals surface area (Å²) in [5.74, 6) is 1.99. The molecule has 0 amide bonds. The minimum absolute atomic E-state index is 0.166. The summed E-state index contributed by atoms with van der Waals surface area (Å²) in [6, 6.07) is 14.8. The highest BCUT2D eigenvalue weighted by Gasteiger charge is 2.61. The van der Waals surface area contributed by atoms with Crippen LogP contribution in [-0.4, -0.2) is 24.2 Å². The highest BCUT2D eigenvalue weighted by molar-refractivity contribution is 7.98. The van der Waals surface area contributed by atoms with Crippen LogP contribution in [0.3, 0.4) is 0 Å². The molecule has 3 aliphatic rings. The van der Waals surface area contributed by atoms with E-state index in [1.165, 1.54) is 4.90 Å². The molecule has 4 nitrogen and oxygen atoms in total. The third-order valence-corrected chi connectivity index (χ3v) is 7.07. The average Bonchev–Trinajstić information content (AvgIpc) is 3.12. The number of hydrogen-bond acceptors (Lipinski definition) is 4. The molecule has 0 spiro atoms. The van der Waals surface area contributed by atoms with Crippen molar-refractivity contribution < 1.29 is 9.47 Å². The number of benzene rings is 2. The molecule has 1 aliphatic carbocycles. The number of thioether (sulfide) groups is 1. The second-order valence-electron chi connectivity index (χ2n) is 7.29. The van der Waals surface area contributed by atoms with E-state index in [1.807, 2.05) is 12.1 Å². The van der Waals surface area contributed by atoms with Crippen molar-refractivity contribution in [3.8, 4) is 11.5 Å². The molecule has 27 heavy (non-hydrogen) atoms. The van der Waals surface area contributed by atoms with Crippen molar-refractivity contribution in [2.24, 2.45) is 5.92 Å². The van der Waals surface area contributed by atoms with E-state index >= 15 is 0 Å². The smallest absolute Gasteiger partial charge is 0.194 e. The van der Waals surface area contributed by atoms with E-state index in [-0.39, 0.29) is 6.04 Å². The third-order valence-electron chi connectivity index (χ3n) is 6.05. The quantitative estimate of drug-likeness (QED) is 0.594. The van der Waals surface area contributed by atoms with E-state index in [2.05, 4.69) is 46.8 Å². The summed E-state index contributed by atoms with van der Waals surface area (Å²) >= 11 is 7.59. The summed E-state index contributed by atoms with van der Waals surface area (Å²) in [6.45, 7) is 0. The molecule has 1 saturated carbocycles. The zero-order valence-electron chi connectivity index (χ0n) is 15.4. The highest BCUT2D eigenvalue weighted by Crippen LogP contribution is 2.58. The molecule has 2 bridgehead atoms. The van der Waals surface area contributed by atoms with Crippen LogP contribution in [0.5, 0.6) is 11.5 Å². The van der Waals surface area contributed by atoms with Crippen LogP contribution in [0.2, 0.25) is 0 Å². The molecule has 2 aliphatic heterocycles. The Labute approximate surface area is 169 Å². The molecule has 0 aromatic heterocycles. The lowest BCUT2D eigenvalue weighted by molar-refractivity contribution is -0.00735. The number of para-hydroxylation sites is 1. The molecule has 0 unspecified atom stereocenters. The lowest BCUT2D eigenvalue weighted by Crippen LogP contribution is -2.69. The van der Waals surface area contributed by atoms with E-state index < -0.39 is 5.72 Å². The summed E-state index contributed by atoms with van der Waals surface area (Å²) in [7, 11) is 1.70. The van der Waals surface area contributed by atoms with Gasteiger partial charge >= 0.3 is 0 Å². The lowest BCUT2D eigenvalue weighted by Gasteiger charge is -2.56. The number of thiocarbonyl (C=S) groups is 1. The van der Waals surface area contributed by atoms with Gasteiger partial charge in [-0.1, -0.05) is 18.2 Å². The molecular weight excluding hydrogens is 376 g/mol. The summed E-state index contributed by atoms with van der Waals surface area (Å²) in [6.07, 6.45) is 5.30. The topological polar surface area (TPSA) is 33.7 Å². The van der Waals surface area contributed by atoms with Crippen LogP contribution in [0.1, 0.15) is 30.9 Å². The molecule has 2 heterocycles. The maximum Gasteiger partial charge on any atom is 0.194 e. The van der Waals surface area contributed by atoms with Gasteiger partial charge in [-0.05, 0) is 55.6 Å². The Morgan fingerprint density at radius 1 is 1.30 bits per heavy atom. The molecule has 2 aromatic carbocycles. The molecule has 0 radical (unpaired) electrons. The molecule has 2 aromatic rings. The fraction of sp³-hybridized carbons (Fsp3) is 0.381. The Bertz CT molecular complexity index is 919. The van der Waals surface area contributed by atoms with Crippen molar-refractivity contribution in [2.45, 2.75) is 35.9 Å². The zero-order valence-corrected chi connectivity index (χ0v) is 17.0. The van der Waals surface area contributed by atoms with Gasteiger partial charge in [-0.15, -0.1) is 11.8 Å². The number of anilines is 1. The van der Waals surface area contributed by atoms with Crippen molar-refractivity contribution in [1.29, 1.82) is 0 Å².